The third-order valence-electron chi connectivity index (χ3n) is 8.22. The minimum Gasteiger partial charge on any atom is -0.478 e. The molecule has 1 aliphatic carbocycles. The first-order valence-corrected chi connectivity index (χ1v) is 15.7. The third kappa shape index (κ3) is 6.96. The molecule has 2 fully saturated rings. The van der Waals surface area contributed by atoms with Crippen LogP contribution >= 0.6 is 23.4 Å². The van der Waals surface area contributed by atoms with Gasteiger partial charge in [-0.2, -0.15) is 5.26 Å². The van der Waals surface area contributed by atoms with E-state index in [1.165, 1.54) is 17.8 Å². The quantitative estimate of drug-likeness (QED) is 0.180. The van der Waals surface area contributed by atoms with E-state index in [9.17, 15) is 19.6 Å². The van der Waals surface area contributed by atoms with Gasteiger partial charge in [0.15, 0.2) is 0 Å². The average molecular weight is 620 g/mol. The number of hydrogen-bond acceptors (Lipinski definition) is 7. The van der Waals surface area contributed by atoms with Gasteiger partial charge in [0, 0.05) is 53.2 Å². The Bertz CT molecular complexity index is 1690. The maximum absolute atomic E-state index is 14.1. The zero-order chi connectivity index (χ0) is 30.0. The minimum atomic E-state index is -0.967. The largest absolute Gasteiger partial charge is 0.478 e. The van der Waals surface area contributed by atoms with Crippen LogP contribution in [0.1, 0.15) is 54.0 Å². The number of ether oxygens (including phenoxy) is 1. The van der Waals surface area contributed by atoms with Gasteiger partial charge < -0.3 is 14.4 Å². The van der Waals surface area contributed by atoms with Gasteiger partial charge in [-0.05, 0) is 68.1 Å². The molecule has 222 valence electrons. The number of fused-ring (bicyclic) bond motifs is 1. The summed E-state index contributed by atoms with van der Waals surface area (Å²) in [4.78, 5) is 24.1. The fourth-order valence-electron chi connectivity index (χ4n) is 5.58. The molecule has 1 N–H and O–H groups in total. The first-order valence-electron chi connectivity index (χ1n) is 14.3. The van der Waals surface area contributed by atoms with Gasteiger partial charge in [-0.15, -0.1) is 11.8 Å². The van der Waals surface area contributed by atoms with E-state index >= 15 is 0 Å². The summed E-state index contributed by atoms with van der Waals surface area (Å²) in [6.07, 6.45) is 4.17. The van der Waals surface area contributed by atoms with E-state index in [0.717, 1.165) is 61.3 Å². The van der Waals surface area contributed by atoms with E-state index in [2.05, 4.69) is 20.5 Å². The van der Waals surface area contributed by atoms with Gasteiger partial charge in [0.05, 0.1) is 34.9 Å². The number of likely N-dealkylation sites (tertiary alicyclic amines) is 1. The Kier molecular flexibility index (Phi) is 8.57. The highest BCUT2D eigenvalue weighted by molar-refractivity contribution is 7.98. The molecule has 1 aliphatic heterocycles. The predicted octanol–water partition coefficient (Wildman–Crippen LogP) is 6.95. The van der Waals surface area contributed by atoms with Gasteiger partial charge in [0.25, 0.3) is 0 Å². The molecule has 2 aromatic heterocycles. The Labute approximate surface area is 258 Å². The Hall–Kier alpha value is -3.65. The predicted molar refractivity (Wildman–Crippen MR) is 163 cm³/mol. The number of carbonyl (C=O) groups is 1. The highest BCUT2D eigenvalue weighted by atomic mass is 35.5. The van der Waals surface area contributed by atoms with E-state index in [0.29, 0.717) is 41.1 Å². The van der Waals surface area contributed by atoms with Crippen LogP contribution in [0, 0.1) is 22.6 Å². The summed E-state index contributed by atoms with van der Waals surface area (Å²) in [7, 11) is 0. The van der Waals surface area contributed by atoms with Crippen molar-refractivity contribution in [2.75, 3.05) is 13.1 Å². The van der Waals surface area contributed by atoms with E-state index in [4.69, 9.17) is 21.3 Å². The van der Waals surface area contributed by atoms with E-state index < -0.39 is 5.97 Å². The maximum atomic E-state index is 14.1. The topological polar surface area (TPSA) is 104 Å². The van der Waals surface area contributed by atoms with Crippen molar-refractivity contribution in [3.63, 3.8) is 0 Å². The second-order valence-electron chi connectivity index (χ2n) is 11.4. The zero-order valence-corrected chi connectivity index (χ0v) is 25.1. The van der Waals surface area contributed by atoms with Gasteiger partial charge >= 0.3 is 5.97 Å². The SMILES string of the molecule is N#CCC1(Cn2c(CN3CCC(Oc4cccc(CSc5ccc(Cl)cc5F)n4)CC3)nc3ccc(C(=O)O)cc32)CC1. The number of carboxylic acid groups (broad SMARTS) is 1. The van der Waals surface area contributed by atoms with Crippen LogP contribution in [0.5, 0.6) is 5.88 Å². The summed E-state index contributed by atoms with van der Waals surface area (Å²) < 4.78 is 22.5. The van der Waals surface area contributed by atoms with Crippen LogP contribution in [0.2, 0.25) is 5.02 Å². The smallest absolute Gasteiger partial charge is 0.335 e. The van der Waals surface area contributed by atoms with E-state index in [1.54, 1.807) is 30.3 Å². The van der Waals surface area contributed by atoms with Crippen LogP contribution < -0.4 is 4.74 Å². The van der Waals surface area contributed by atoms with E-state index in [1.807, 2.05) is 18.2 Å². The molecule has 0 atom stereocenters. The fraction of sp³-hybridized carbons (Fsp3) is 0.375. The lowest BCUT2D eigenvalue weighted by Gasteiger charge is -2.32. The molecule has 43 heavy (non-hydrogen) atoms. The number of hydrogen-bond donors (Lipinski definition) is 1. The van der Waals surface area contributed by atoms with Crippen LogP contribution in [-0.4, -0.2) is 49.7 Å². The molecular formula is C32H31ClFN5O3S. The van der Waals surface area contributed by atoms with Crippen molar-refractivity contribution in [3.8, 4) is 11.9 Å². The molecule has 0 radical (unpaired) electrons. The summed E-state index contributed by atoms with van der Waals surface area (Å²) in [5, 5.41) is 19.3. The van der Waals surface area contributed by atoms with Crippen LogP contribution in [0.4, 0.5) is 4.39 Å². The molecule has 11 heteroatoms. The van der Waals surface area contributed by atoms with Gasteiger partial charge in [-0.1, -0.05) is 17.7 Å². The summed E-state index contributed by atoms with van der Waals surface area (Å²) >= 11 is 7.23. The number of nitriles is 1. The Morgan fingerprint density at radius 1 is 1.16 bits per heavy atom. The average Bonchev–Trinajstić information content (AvgIpc) is 3.67. The second-order valence-corrected chi connectivity index (χ2v) is 12.8. The highest BCUT2D eigenvalue weighted by Gasteiger charge is 2.43. The normalized spacial score (nSPS) is 16.7. The molecule has 8 nitrogen and oxygen atoms in total. The molecular weight excluding hydrogens is 589 g/mol. The van der Waals surface area contributed by atoms with Crippen LogP contribution in [0.3, 0.4) is 0 Å². The number of aromatic nitrogens is 3. The number of nitrogens with zero attached hydrogens (tertiary/aromatic N) is 5. The number of aromatic carboxylic acids is 1. The highest BCUT2D eigenvalue weighted by Crippen LogP contribution is 2.50. The molecule has 4 aromatic rings. The number of halogens is 2. The Morgan fingerprint density at radius 2 is 1.98 bits per heavy atom. The minimum absolute atomic E-state index is 0.0302. The second kappa shape index (κ2) is 12.5. The van der Waals surface area contributed by atoms with Gasteiger partial charge in [-0.25, -0.2) is 19.2 Å². The maximum Gasteiger partial charge on any atom is 0.335 e. The molecule has 0 unspecified atom stereocenters. The van der Waals surface area contributed by atoms with Crippen LogP contribution in [0.25, 0.3) is 11.0 Å². The van der Waals surface area contributed by atoms with Crippen molar-refractivity contribution in [2.45, 2.75) is 61.9 Å². The monoisotopic (exact) mass is 619 g/mol. The van der Waals surface area contributed by atoms with Crippen molar-refractivity contribution in [2.24, 2.45) is 5.41 Å². The number of carboxylic acids is 1. The standard InChI is InChI=1S/C32H31ClFN5O3S/c33-22-5-7-28(25(34)17-22)43-19-23-2-1-3-30(36-23)42-24-8-14-38(15-9-24)18-29-37-26-6-4-21(31(40)41)16-27(26)39(29)20-32(10-11-32)12-13-35/h1-7,16-17,24H,8-12,14-15,18-20H2,(H,40,41). The van der Waals surface area contributed by atoms with Gasteiger partial charge in [0.2, 0.25) is 5.88 Å². The van der Waals surface area contributed by atoms with Crippen molar-refractivity contribution in [1.29, 1.82) is 5.26 Å². The fourth-order valence-corrected chi connectivity index (χ4v) is 6.56. The summed E-state index contributed by atoms with van der Waals surface area (Å²) in [6.45, 7) is 2.95. The molecule has 0 amide bonds. The molecule has 3 heterocycles. The first-order chi connectivity index (χ1) is 20.8. The number of pyridine rings is 1. The lowest BCUT2D eigenvalue weighted by atomic mass is 10.0. The Balaban J connectivity index is 1.08. The molecule has 2 aromatic carbocycles. The summed E-state index contributed by atoms with van der Waals surface area (Å²) in [6, 6.07) is 17.7. The number of imidazole rings is 1. The van der Waals surface area contributed by atoms with Crippen molar-refractivity contribution < 1.29 is 19.0 Å². The van der Waals surface area contributed by atoms with Crippen molar-refractivity contribution >= 4 is 40.4 Å². The third-order valence-corrected chi connectivity index (χ3v) is 9.53. The molecule has 0 bridgehead atoms. The lowest BCUT2D eigenvalue weighted by molar-refractivity contribution is 0.0697. The lowest BCUT2D eigenvalue weighted by Crippen LogP contribution is -2.38. The van der Waals surface area contributed by atoms with Gasteiger partial charge in [-0.3, -0.25) is 4.90 Å². The Morgan fingerprint density at radius 3 is 2.70 bits per heavy atom. The summed E-state index contributed by atoms with van der Waals surface area (Å²) in [5.41, 5.74) is 2.56. The molecule has 1 saturated carbocycles. The number of piperidine rings is 1. The van der Waals surface area contributed by atoms with Crippen molar-refractivity contribution in [3.05, 3.63) is 82.5 Å². The van der Waals surface area contributed by atoms with E-state index in [-0.39, 0.29) is 22.9 Å². The first kappa shape index (κ1) is 29.4. The number of thioether (sulfide) groups is 1. The molecule has 6 rings (SSSR count). The molecule has 2 aliphatic rings. The van der Waals surface area contributed by atoms with Crippen LogP contribution in [0.15, 0.2) is 59.5 Å². The van der Waals surface area contributed by atoms with Crippen molar-refractivity contribution in [1.82, 2.24) is 19.4 Å². The van der Waals surface area contributed by atoms with Crippen LogP contribution in [-0.2, 0) is 18.8 Å². The van der Waals surface area contributed by atoms with Gasteiger partial charge in [0.1, 0.15) is 17.7 Å². The number of rotatable bonds is 11. The molecule has 1 saturated heterocycles. The summed E-state index contributed by atoms with van der Waals surface area (Å²) in [5.74, 6) is 0.664. The number of benzene rings is 2. The zero-order valence-electron chi connectivity index (χ0n) is 23.5. The molecule has 0 spiro atoms.